The highest BCUT2D eigenvalue weighted by atomic mass is 79.9. The quantitative estimate of drug-likeness (QED) is 0.844. The summed E-state index contributed by atoms with van der Waals surface area (Å²) in [6, 6.07) is 3.72. The van der Waals surface area contributed by atoms with Crippen molar-refractivity contribution >= 4 is 21.8 Å². The summed E-state index contributed by atoms with van der Waals surface area (Å²) >= 11 is 3.49. The van der Waals surface area contributed by atoms with Gasteiger partial charge in [-0.3, -0.25) is 4.79 Å². The molecule has 0 heterocycles. The summed E-state index contributed by atoms with van der Waals surface area (Å²) in [6.45, 7) is 10.8. The molecule has 0 aliphatic heterocycles. The van der Waals surface area contributed by atoms with Crippen LogP contribution in [-0.2, 0) is 11.2 Å². The fraction of sp³-hybridized carbons (Fsp3) is 0.562. The molecule has 1 rings (SSSR count). The van der Waals surface area contributed by atoms with Crippen LogP contribution >= 0.6 is 15.9 Å². The molecular weight excluding hydrogens is 334 g/mol. The Morgan fingerprint density at radius 1 is 1.14 bits per heavy atom. The minimum absolute atomic E-state index is 0.0187. The van der Waals surface area contributed by atoms with Crippen LogP contribution in [0, 0.1) is 0 Å². The van der Waals surface area contributed by atoms with Gasteiger partial charge in [0.05, 0.1) is 19.6 Å². The second-order valence-electron chi connectivity index (χ2n) is 5.73. The summed E-state index contributed by atoms with van der Waals surface area (Å²) in [5.74, 6) is 1.34. The van der Waals surface area contributed by atoms with Crippen molar-refractivity contribution in [3.8, 4) is 11.5 Å². The van der Waals surface area contributed by atoms with Gasteiger partial charge in [-0.1, -0.05) is 15.9 Å². The van der Waals surface area contributed by atoms with Crippen LogP contribution < -0.4 is 14.8 Å². The van der Waals surface area contributed by atoms with Crippen molar-refractivity contribution in [3.63, 3.8) is 0 Å². The van der Waals surface area contributed by atoms with Crippen molar-refractivity contribution in [2.75, 3.05) is 13.2 Å². The molecule has 1 aromatic carbocycles. The topological polar surface area (TPSA) is 47.6 Å². The van der Waals surface area contributed by atoms with Crippen LogP contribution in [0.15, 0.2) is 16.6 Å². The fourth-order valence-corrected chi connectivity index (χ4v) is 2.35. The molecule has 0 saturated carbocycles. The molecule has 1 N–H and O–H groups in total. The minimum Gasteiger partial charge on any atom is -0.490 e. The largest absolute Gasteiger partial charge is 0.490 e. The van der Waals surface area contributed by atoms with Gasteiger partial charge in [0, 0.05) is 10.0 Å². The predicted molar refractivity (Wildman–Crippen MR) is 88.1 cm³/mol. The summed E-state index contributed by atoms with van der Waals surface area (Å²) in [5, 5.41) is 2.95. The molecule has 5 heteroatoms. The highest BCUT2D eigenvalue weighted by Gasteiger charge is 2.17. The molecule has 1 aromatic rings. The lowest BCUT2D eigenvalue weighted by molar-refractivity contribution is -0.121. The fourth-order valence-electron chi connectivity index (χ4n) is 1.88. The van der Waals surface area contributed by atoms with Crippen molar-refractivity contribution in [2.45, 2.75) is 46.6 Å². The molecule has 0 aromatic heterocycles. The Hall–Kier alpha value is -1.23. The second kappa shape index (κ2) is 7.69. The number of benzene rings is 1. The van der Waals surface area contributed by atoms with E-state index in [-0.39, 0.29) is 11.4 Å². The summed E-state index contributed by atoms with van der Waals surface area (Å²) in [4.78, 5) is 12.1. The molecular formula is C16H24BrNO3. The lowest BCUT2D eigenvalue weighted by Gasteiger charge is -2.21. The third-order valence-electron chi connectivity index (χ3n) is 2.58. The van der Waals surface area contributed by atoms with Gasteiger partial charge in [0.25, 0.3) is 0 Å². The van der Waals surface area contributed by atoms with Gasteiger partial charge >= 0.3 is 0 Å². The first kappa shape index (κ1) is 17.8. The molecule has 118 valence electrons. The van der Waals surface area contributed by atoms with E-state index in [9.17, 15) is 4.79 Å². The number of hydrogen-bond acceptors (Lipinski definition) is 3. The molecule has 4 nitrogen and oxygen atoms in total. The number of ether oxygens (including phenoxy) is 2. The van der Waals surface area contributed by atoms with Gasteiger partial charge in [0.2, 0.25) is 5.91 Å². The molecule has 0 radical (unpaired) electrons. The normalized spacial score (nSPS) is 11.1. The smallest absolute Gasteiger partial charge is 0.224 e. The molecule has 0 saturated heterocycles. The van der Waals surface area contributed by atoms with Crippen LogP contribution in [0.2, 0.25) is 0 Å². The van der Waals surface area contributed by atoms with E-state index in [1.54, 1.807) is 0 Å². The molecule has 0 bridgehead atoms. The van der Waals surface area contributed by atoms with Gasteiger partial charge in [-0.15, -0.1) is 0 Å². The Balaban J connectivity index is 2.97. The van der Waals surface area contributed by atoms with E-state index in [4.69, 9.17) is 9.47 Å². The maximum absolute atomic E-state index is 12.1. The summed E-state index contributed by atoms with van der Waals surface area (Å²) in [6.07, 6.45) is 0.296. The molecule has 0 spiro atoms. The summed E-state index contributed by atoms with van der Waals surface area (Å²) in [7, 11) is 0. The van der Waals surface area contributed by atoms with Crippen molar-refractivity contribution in [2.24, 2.45) is 0 Å². The van der Waals surface area contributed by atoms with Crippen LogP contribution in [0.4, 0.5) is 0 Å². The van der Waals surface area contributed by atoms with Crippen molar-refractivity contribution in [1.82, 2.24) is 5.32 Å². The number of amides is 1. The van der Waals surface area contributed by atoms with E-state index < -0.39 is 0 Å². The number of carbonyl (C=O) groups is 1. The van der Waals surface area contributed by atoms with E-state index in [0.717, 1.165) is 10.0 Å². The molecule has 0 aliphatic rings. The molecule has 21 heavy (non-hydrogen) atoms. The van der Waals surface area contributed by atoms with Crippen molar-refractivity contribution < 1.29 is 14.3 Å². The molecule has 1 amide bonds. The third kappa shape index (κ3) is 5.96. The average molecular weight is 358 g/mol. The van der Waals surface area contributed by atoms with Crippen LogP contribution in [0.1, 0.15) is 40.2 Å². The zero-order chi connectivity index (χ0) is 16.0. The number of nitrogens with one attached hydrogen (secondary N) is 1. The van der Waals surface area contributed by atoms with Gasteiger partial charge in [0.15, 0.2) is 11.5 Å². The first-order valence-corrected chi connectivity index (χ1v) is 7.95. The van der Waals surface area contributed by atoms with Crippen LogP contribution in [-0.4, -0.2) is 24.7 Å². The van der Waals surface area contributed by atoms with Crippen LogP contribution in [0.3, 0.4) is 0 Å². The maximum atomic E-state index is 12.1. The van der Waals surface area contributed by atoms with Crippen molar-refractivity contribution in [1.29, 1.82) is 0 Å². The van der Waals surface area contributed by atoms with Gasteiger partial charge in [-0.2, -0.15) is 0 Å². The molecule has 0 aliphatic carbocycles. The third-order valence-corrected chi connectivity index (χ3v) is 3.32. The summed E-state index contributed by atoms with van der Waals surface area (Å²) < 4.78 is 12.0. The lowest BCUT2D eigenvalue weighted by atomic mass is 10.1. The zero-order valence-electron chi connectivity index (χ0n) is 13.4. The molecule has 0 atom stereocenters. The van der Waals surface area contributed by atoms with Gasteiger partial charge in [-0.05, 0) is 52.3 Å². The van der Waals surface area contributed by atoms with Gasteiger partial charge < -0.3 is 14.8 Å². The monoisotopic (exact) mass is 357 g/mol. The van der Waals surface area contributed by atoms with Crippen LogP contribution in [0.5, 0.6) is 11.5 Å². The minimum atomic E-state index is -0.239. The van der Waals surface area contributed by atoms with Crippen molar-refractivity contribution in [3.05, 3.63) is 22.2 Å². The maximum Gasteiger partial charge on any atom is 0.224 e. The Morgan fingerprint density at radius 3 is 2.14 bits per heavy atom. The number of carbonyl (C=O) groups excluding carboxylic acids is 1. The average Bonchev–Trinajstić information content (AvgIpc) is 2.33. The Labute approximate surface area is 135 Å². The van der Waals surface area contributed by atoms with E-state index in [2.05, 4.69) is 21.2 Å². The Kier molecular flexibility index (Phi) is 6.52. The van der Waals surface area contributed by atoms with E-state index >= 15 is 0 Å². The molecule has 0 fully saturated rings. The first-order valence-electron chi connectivity index (χ1n) is 7.15. The van der Waals surface area contributed by atoms with E-state index in [0.29, 0.717) is 31.1 Å². The molecule has 0 unspecified atom stereocenters. The lowest BCUT2D eigenvalue weighted by Crippen LogP contribution is -2.41. The Morgan fingerprint density at radius 2 is 1.67 bits per heavy atom. The van der Waals surface area contributed by atoms with Crippen LogP contribution in [0.25, 0.3) is 0 Å². The van der Waals surface area contributed by atoms with Gasteiger partial charge in [0.1, 0.15) is 0 Å². The second-order valence-corrected chi connectivity index (χ2v) is 6.59. The highest BCUT2D eigenvalue weighted by Crippen LogP contribution is 2.34. The van der Waals surface area contributed by atoms with E-state index in [1.165, 1.54) is 0 Å². The number of hydrogen-bond donors (Lipinski definition) is 1. The predicted octanol–water partition coefficient (Wildman–Crippen LogP) is 3.70. The SMILES string of the molecule is CCOc1cc(Br)c(CC(=O)NC(C)(C)C)cc1OCC. The number of halogens is 1. The first-order chi connectivity index (χ1) is 9.76. The number of rotatable bonds is 6. The van der Waals surface area contributed by atoms with E-state index in [1.807, 2.05) is 46.8 Å². The zero-order valence-corrected chi connectivity index (χ0v) is 15.0. The Bertz CT molecular complexity index is 495. The highest BCUT2D eigenvalue weighted by molar-refractivity contribution is 9.10. The summed E-state index contributed by atoms with van der Waals surface area (Å²) in [5.41, 5.74) is 0.640. The standard InChI is InChI=1S/C16H24BrNO3/c1-6-20-13-8-11(9-15(19)18-16(3,4)5)12(17)10-14(13)21-7-2/h8,10H,6-7,9H2,1-5H3,(H,18,19). The van der Waals surface area contributed by atoms with Gasteiger partial charge in [-0.25, -0.2) is 0 Å².